The minimum absolute atomic E-state index is 0.00122. The predicted octanol–water partition coefficient (Wildman–Crippen LogP) is 1.88. The van der Waals surface area contributed by atoms with Crippen LogP contribution in [0.5, 0.6) is 0 Å². The van der Waals surface area contributed by atoms with Crippen molar-refractivity contribution in [1.29, 1.82) is 0 Å². The first-order valence-electron chi connectivity index (χ1n) is 8.96. The molecule has 8 heteroatoms. The average molecular weight is 384 g/mol. The number of para-hydroxylation sites is 1. The second-order valence-electron chi connectivity index (χ2n) is 6.91. The van der Waals surface area contributed by atoms with Gasteiger partial charge in [-0.05, 0) is 31.4 Å². The third kappa shape index (κ3) is 3.57. The van der Waals surface area contributed by atoms with Crippen molar-refractivity contribution in [3.05, 3.63) is 40.9 Å². The molecule has 140 valence electrons. The number of nitrogens with one attached hydrogen (secondary N) is 2. The topological polar surface area (TPSA) is 91.4 Å². The zero-order valence-electron chi connectivity index (χ0n) is 14.9. The molecular formula is C19H20N4O3S. The van der Waals surface area contributed by atoms with Crippen LogP contribution in [-0.2, 0) is 27.2 Å². The van der Waals surface area contributed by atoms with Gasteiger partial charge in [0.05, 0.1) is 12.1 Å². The Balaban J connectivity index is 1.40. The molecule has 1 aromatic carbocycles. The molecule has 2 aliphatic heterocycles. The molecule has 4 rings (SSSR count). The van der Waals surface area contributed by atoms with Gasteiger partial charge in [0.1, 0.15) is 6.04 Å². The summed E-state index contributed by atoms with van der Waals surface area (Å²) in [5.74, 6) is -0.380. The van der Waals surface area contributed by atoms with E-state index in [-0.39, 0.29) is 30.2 Å². The maximum atomic E-state index is 12.8. The molecule has 3 amide bonds. The summed E-state index contributed by atoms with van der Waals surface area (Å²) in [6, 6.07) is 7.57. The summed E-state index contributed by atoms with van der Waals surface area (Å²) in [4.78, 5) is 42.4. The predicted molar refractivity (Wildman–Crippen MR) is 103 cm³/mol. The first kappa shape index (κ1) is 17.7. The van der Waals surface area contributed by atoms with Crippen LogP contribution in [0, 0.1) is 0 Å². The van der Waals surface area contributed by atoms with Crippen LogP contribution in [0.2, 0.25) is 0 Å². The smallest absolute Gasteiger partial charge is 0.248 e. The van der Waals surface area contributed by atoms with Gasteiger partial charge in [0.15, 0.2) is 5.13 Å². The average Bonchev–Trinajstić information content (AvgIpc) is 3.33. The Hall–Kier alpha value is -2.74. The van der Waals surface area contributed by atoms with E-state index in [2.05, 4.69) is 21.7 Å². The Morgan fingerprint density at radius 3 is 2.96 bits per heavy atom. The molecular weight excluding hydrogens is 364 g/mol. The number of anilines is 2. The highest BCUT2D eigenvalue weighted by molar-refractivity contribution is 7.13. The number of carbonyl (C=O) groups is 3. The van der Waals surface area contributed by atoms with E-state index >= 15 is 0 Å². The van der Waals surface area contributed by atoms with Gasteiger partial charge in [-0.1, -0.05) is 18.2 Å². The second kappa shape index (κ2) is 7.11. The fourth-order valence-corrected chi connectivity index (χ4v) is 4.35. The van der Waals surface area contributed by atoms with Crippen molar-refractivity contribution in [2.45, 2.75) is 44.7 Å². The normalized spacial score (nSPS) is 21.1. The van der Waals surface area contributed by atoms with Gasteiger partial charge in [-0.15, -0.1) is 11.3 Å². The first-order valence-corrected chi connectivity index (χ1v) is 9.84. The lowest BCUT2D eigenvalue weighted by molar-refractivity contribution is -0.122. The fraction of sp³-hybridized carbons (Fsp3) is 0.368. The summed E-state index contributed by atoms with van der Waals surface area (Å²) in [5, 5.41) is 7.58. The number of amides is 3. The van der Waals surface area contributed by atoms with Gasteiger partial charge in [-0.25, -0.2) is 4.98 Å². The van der Waals surface area contributed by atoms with E-state index in [0.29, 0.717) is 23.7 Å². The molecule has 1 fully saturated rings. The zero-order chi connectivity index (χ0) is 19.0. The van der Waals surface area contributed by atoms with Crippen molar-refractivity contribution >= 4 is 39.9 Å². The van der Waals surface area contributed by atoms with E-state index in [0.717, 1.165) is 12.1 Å². The molecule has 0 radical (unpaired) electrons. The summed E-state index contributed by atoms with van der Waals surface area (Å²) in [5.41, 5.74) is 2.78. The van der Waals surface area contributed by atoms with Crippen LogP contribution in [-0.4, -0.2) is 34.8 Å². The number of aromatic nitrogens is 1. The molecule has 1 saturated heterocycles. The van der Waals surface area contributed by atoms with E-state index in [1.807, 2.05) is 30.0 Å². The minimum atomic E-state index is -0.506. The Labute approximate surface area is 160 Å². The summed E-state index contributed by atoms with van der Waals surface area (Å²) >= 11 is 1.28. The van der Waals surface area contributed by atoms with Gasteiger partial charge in [0.25, 0.3) is 0 Å². The van der Waals surface area contributed by atoms with Crippen LogP contribution in [0.1, 0.15) is 31.0 Å². The van der Waals surface area contributed by atoms with Crippen molar-refractivity contribution in [2.24, 2.45) is 0 Å². The van der Waals surface area contributed by atoms with Crippen molar-refractivity contribution in [3.8, 4) is 0 Å². The van der Waals surface area contributed by atoms with Gasteiger partial charge in [0, 0.05) is 23.5 Å². The van der Waals surface area contributed by atoms with Crippen LogP contribution in [0.25, 0.3) is 0 Å². The number of carbonyl (C=O) groups excluding carboxylic acids is 3. The number of fused-ring (bicyclic) bond motifs is 1. The third-order valence-corrected chi connectivity index (χ3v) is 5.71. The minimum Gasteiger partial charge on any atom is -0.344 e. The summed E-state index contributed by atoms with van der Waals surface area (Å²) in [6.45, 7) is 2.04. The zero-order valence-corrected chi connectivity index (χ0v) is 15.7. The van der Waals surface area contributed by atoms with Crippen molar-refractivity contribution in [2.75, 3.05) is 10.2 Å². The van der Waals surface area contributed by atoms with Crippen LogP contribution in [0.3, 0.4) is 0 Å². The van der Waals surface area contributed by atoms with E-state index < -0.39 is 6.04 Å². The van der Waals surface area contributed by atoms with Gasteiger partial charge >= 0.3 is 0 Å². The lowest BCUT2D eigenvalue weighted by atomic mass is 10.1. The summed E-state index contributed by atoms with van der Waals surface area (Å²) in [7, 11) is 0. The summed E-state index contributed by atoms with van der Waals surface area (Å²) < 4.78 is 0. The van der Waals surface area contributed by atoms with Gasteiger partial charge < -0.3 is 15.5 Å². The third-order valence-electron chi connectivity index (χ3n) is 4.90. The number of hydrogen-bond acceptors (Lipinski definition) is 5. The molecule has 2 atom stereocenters. The van der Waals surface area contributed by atoms with Crippen LogP contribution >= 0.6 is 11.3 Å². The molecule has 7 nitrogen and oxygen atoms in total. The molecule has 3 heterocycles. The molecule has 2 aliphatic rings. The largest absolute Gasteiger partial charge is 0.344 e. The Kier molecular flexibility index (Phi) is 4.65. The molecule has 2 unspecified atom stereocenters. The molecule has 0 spiro atoms. The van der Waals surface area contributed by atoms with Crippen LogP contribution in [0.4, 0.5) is 10.8 Å². The van der Waals surface area contributed by atoms with Crippen LogP contribution in [0.15, 0.2) is 29.6 Å². The number of rotatable bonds is 4. The molecule has 0 saturated carbocycles. The van der Waals surface area contributed by atoms with E-state index in [1.54, 1.807) is 5.38 Å². The van der Waals surface area contributed by atoms with E-state index in [4.69, 9.17) is 0 Å². The van der Waals surface area contributed by atoms with E-state index in [9.17, 15) is 14.4 Å². The quantitative estimate of drug-likeness (QED) is 0.842. The number of benzene rings is 1. The lowest BCUT2D eigenvalue weighted by Gasteiger charge is -2.22. The molecule has 2 aromatic rings. The second-order valence-corrected chi connectivity index (χ2v) is 7.77. The van der Waals surface area contributed by atoms with Crippen molar-refractivity contribution < 1.29 is 14.4 Å². The van der Waals surface area contributed by atoms with Gasteiger partial charge in [-0.3, -0.25) is 14.4 Å². The summed E-state index contributed by atoms with van der Waals surface area (Å²) in [6.07, 6.45) is 1.90. The number of thiazole rings is 1. The molecule has 0 bridgehead atoms. The fourth-order valence-electron chi connectivity index (χ4n) is 3.63. The van der Waals surface area contributed by atoms with Crippen molar-refractivity contribution in [3.63, 3.8) is 0 Å². The molecule has 1 aromatic heterocycles. The van der Waals surface area contributed by atoms with Crippen LogP contribution < -0.4 is 15.5 Å². The maximum Gasteiger partial charge on any atom is 0.248 e. The molecule has 27 heavy (non-hydrogen) atoms. The first-order chi connectivity index (χ1) is 13.0. The maximum absolute atomic E-state index is 12.8. The highest BCUT2D eigenvalue weighted by Gasteiger charge is 2.31. The lowest BCUT2D eigenvalue weighted by Crippen LogP contribution is -2.37. The van der Waals surface area contributed by atoms with Crippen molar-refractivity contribution in [1.82, 2.24) is 10.3 Å². The number of hydrogen-bond donors (Lipinski definition) is 2. The Morgan fingerprint density at radius 2 is 2.19 bits per heavy atom. The Bertz CT molecular complexity index is 910. The SMILES string of the molecule is CC1Cc2ccccc2N1C(=O)Cc1csc(NC(=O)C2CCC(=O)N2)n1. The van der Waals surface area contributed by atoms with Gasteiger partial charge in [0.2, 0.25) is 17.7 Å². The molecule has 2 N–H and O–H groups in total. The molecule has 0 aliphatic carbocycles. The monoisotopic (exact) mass is 384 g/mol. The highest BCUT2D eigenvalue weighted by atomic mass is 32.1. The number of nitrogens with zero attached hydrogens (tertiary/aromatic N) is 2. The highest BCUT2D eigenvalue weighted by Crippen LogP contribution is 2.32. The standard InChI is InChI=1S/C19H20N4O3S/c1-11-8-12-4-2-3-5-15(12)23(11)17(25)9-13-10-27-19(20-13)22-18(26)14-6-7-16(24)21-14/h2-5,10-11,14H,6-9H2,1H3,(H,21,24)(H,20,22,26). The van der Waals surface area contributed by atoms with E-state index in [1.165, 1.54) is 16.9 Å². The Morgan fingerprint density at radius 1 is 1.37 bits per heavy atom. The van der Waals surface area contributed by atoms with Gasteiger partial charge in [-0.2, -0.15) is 0 Å².